The van der Waals surface area contributed by atoms with E-state index in [0.29, 0.717) is 5.82 Å². The molecule has 250 valence electrons. The summed E-state index contributed by atoms with van der Waals surface area (Å²) in [6, 6.07) is 65.5. The Morgan fingerprint density at radius 3 is 1.55 bits per heavy atom. The average molecular weight is 677 g/mol. The number of nitrogens with zero attached hydrogens (tertiary/aromatic N) is 2. The molecule has 0 spiro atoms. The quantitative estimate of drug-likeness (QED) is 0.170. The Morgan fingerprint density at radius 2 is 0.868 bits per heavy atom. The van der Waals surface area contributed by atoms with E-state index in [1.807, 2.05) is 6.07 Å². The molecular weight excluding hydrogens is 641 g/mol. The van der Waals surface area contributed by atoms with Gasteiger partial charge in [-0.3, -0.25) is 0 Å². The number of hydrogen-bond acceptors (Lipinski definition) is 2. The third kappa shape index (κ3) is 5.34. The first-order chi connectivity index (χ1) is 26.0. The monoisotopic (exact) mass is 676 g/mol. The van der Waals surface area contributed by atoms with E-state index in [1.54, 1.807) is 0 Å². The van der Waals surface area contributed by atoms with Crippen molar-refractivity contribution in [1.29, 1.82) is 0 Å². The summed E-state index contributed by atoms with van der Waals surface area (Å²) >= 11 is 0. The van der Waals surface area contributed by atoms with E-state index in [2.05, 4.69) is 190 Å². The SMILES string of the molecule is CC1(C)c2ccccc2-c2cc3ccc4ccc(-c5cc(-c6cc(-c7ccccc7)cc(-c7ccccc7)c6)nc(-c6ccccc6)n5)cc4c3cc21. The Balaban J connectivity index is 1.18. The first-order valence-electron chi connectivity index (χ1n) is 18.3. The van der Waals surface area contributed by atoms with Crippen LogP contribution in [0.25, 0.3) is 88.8 Å². The molecule has 53 heavy (non-hydrogen) atoms. The summed E-state index contributed by atoms with van der Waals surface area (Å²) in [5.41, 5.74) is 14.9. The van der Waals surface area contributed by atoms with E-state index in [4.69, 9.17) is 9.97 Å². The first-order valence-corrected chi connectivity index (χ1v) is 18.3. The van der Waals surface area contributed by atoms with Crippen molar-refractivity contribution in [2.75, 3.05) is 0 Å². The van der Waals surface area contributed by atoms with Gasteiger partial charge in [0.2, 0.25) is 0 Å². The fourth-order valence-electron chi connectivity index (χ4n) is 8.24. The van der Waals surface area contributed by atoms with Gasteiger partial charge in [0.05, 0.1) is 11.4 Å². The summed E-state index contributed by atoms with van der Waals surface area (Å²) in [6.07, 6.45) is 0. The van der Waals surface area contributed by atoms with E-state index in [1.165, 1.54) is 54.9 Å². The standard InChI is InChI=1S/C51H36N2/c1-51(2)46-21-13-12-20-42(46)45-29-37-24-22-35-23-25-38(30-43(35)44(37)31-47(45)51)48-32-49(53-50(52-48)36-18-10-5-11-19-36)41-27-39(33-14-6-3-7-15-33)26-40(28-41)34-16-8-4-9-17-34/h3-32H,1-2H3. The average Bonchev–Trinajstić information content (AvgIpc) is 3.45. The van der Waals surface area contributed by atoms with Crippen LogP contribution in [0.15, 0.2) is 182 Å². The van der Waals surface area contributed by atoms with Gasteiger partial charge in [-0.05, 0) is 109 Å². The lowest BCUT2D eigenvalue weighted by Crippen LogP contribution is -2.14. The van der Waals surface area contributed by atoms with Crippen molar-refractivity contribution >= 4 is 21.5 Å². The predicted octanol–water partition coefficient (Wildman–Crippen LogP) is 13.4. The minimum atomic E-state index is -0.0705. The number of rotatable bonds is 5. The maximum absolute atomic E-state index is 5.25. The molecule has 0 N–H and O–H groups in total. The normalized spacial score (nSPS) is 12.9. The third-order valence-corrected chi connectivity index (χ3v) is 11.0. The Labute approximate surface area is 310 Å². The van der Waals surface area contributed by atoms with Crippen molar-refractivity contribution in [3.8, 4) is 67.3 Å². The Bertz CT molecular complexity index is 2780. The van der Waals surface area contributed by atoms with E-state index >= 15 is 0 Å². The molecule has 0 saturated carbocycles. The zero-order valence-electron chi connectivity index (χ0n) is 29.7. The van der Waals surface area contributed by atoms with Crippen molar-refractivity contribution in [2.24, 2.45) is 0 Å². The van der Waals surface area contributed by atoms with Crippen LogP contribution in [-0.4, -0.2) is 9.97 Å². The summed E-state index contributed by atoms with van der Waals surface area (Å²) in [4.78, 5) is 10.5. The molecule has 0 amide bonds. The highest BCUT2D eigenvalue weighted by molar-refractivity contribution is 6.11. The van der Waals surface area contributed by atoms with Crippen LogP contribution in [0, 0.1) is 0 Å². The van der Waals surface area contributed by atoms with Crippen LogP contribution in [-0.2, 0) is 5.41 Å². The molecule has 0 aliphatic heterocycles. The molecule has 1 heterocycles. The zero-order valence-corrected chi connectivity index (χ0v) is 29.7. The van der Waals surface area contributed by atoms with Crippen LogP contribution in [0.5, 0.6) is 0 Å². The molecule has 9 aromatic rings. The molecule has 1 aliphatic rings. The minimum Gasteiger partial charge on any atom is -0.228 e. The van der Waals surface area contributed by atoms with Gasteiger partial charge < -0.3 is 0 Å². The largest absolute Gasteiger partial charge is 0.228 e. The highest BCUT2D eigenvalue weighted by atomic mass is 14.9. The molecule has 0 fully saturated rings. The molecule has 0 bridgehead atoms. The number of benzene rings is 8. The first kappa shape index (κ1) is 31.1. The van der Waals surface area contributed by atoms with Crippen molar-refractivity contribution in [1.82, 2.24) is 9.97 Å². The van der Waals surface area contributed by atoms with Gasteiger partial charge in [-0.2, -0.15) is 0 Å². The van der Waals surface area contributed by atoms with Crippen molar-refractivity contribution < 1.29 is 0 Å². The van der Waals surface area contributed by atoms with Crippen LogP contribution in [0.2, 0.25) is 0 Å². The molecule has 10 rings (SSSR count). The van der Waals surface area contributed by atoms with Crippen molar-refractivity contribution in [2.45, 2.75) is 19.3 Å². The maximum Gasteiger partial charge on any atom is 0.160 e. The topological polar surface area (TPSA) is 25.8 Å². The lowest BCUT2D eigenvalue weighted by Gasteiger charge is -2.22. The molecule has 2 nitrogen and oxygen atoms in total. The number of aromatic nitrogens is 2. The zero-order chi connectivity index (χ0) is 35.5. The van der Waals surface area contributed by atoms with Crippen molar-refractivity contribution in [3.05, 3.63) is 193 Å². The fourth-order valence-corrected chi connectivity index (χ4v) is 8.24. The van der Waals surface area contributed by atoms with E-state index in [9.17, 15) is 0 Å². The molecule has 1 aromatic heterocycles. The molecule has 0 saturated heterocycles. The Kier molecular flexibility index (Phi) is 7.19. The molecule has 1 aliphatic carbocycles. The van der Waals surface area contributed by atoms with Gasteiger partial charge in [-0.15, -0.1) is 0 Å². The molecule has 2 heteroatoms. The second kappa shape index (κ2) is 12.3. The molecule has 8 aromatic carbocycles. The van der Waals surface area contributed by atoms with Gasteiger partial charge in [0.25, 0.3) is 0 Å². The summed E-state index contributed by atoms with van der Waals surface area (Å²) in [6.45, 7) is 4.70. The van der Waals surface area contributed by atoms with Crippen LogP contribution >= 0.6 is 0 Å². The number of fused-ring (bicyclic) bond motifs is 6. The molecule has 0 atom stereocenters. The van der Waals surface area contributed by atoms with E-state index in [0.717, 1.165) is 39.2 Å². The van der Waals surface area contributed by atoms with Gasteiger partial charge in [-0.25, -0.2) is 9.97 Å². The van der Waals surface area contributed by atoms with Crippen LogP contribution in [0.1, 0.15) is 25.0 Å². The number of hydrogen-bond donors (Lipinski definition) is 0. The molecular formula is C51H36N2. The smallest absolute Gasteiger partial charge is 0.160 e. The van der Waals surface area contributed by atoms with Crippen LogP contribution in [0.4, 0.5) is 0 Å². The van der Waals surface area contributed by atoms with Crippen molar-refractivity contribution in [3.63, 3.8) is 0 Å². The van der Waals surface area contributed by atoms with Gasteiger partial charge in [-0.1, -0.05) is 153 Å². The summed E-state index contributed by atoms with van der Waals surface area (Å²) in [7, 11) is 0. The second-order valence-corrected chi connectivity index (χ2v) is 14.7. The lowest BCUT2D eigenvalue weighted by atomic mass is 9.81. The highest BCUT2D eigenvalue weighted by Gasteiger charge is 2.35. The Morgan fingerprint density at radius 1 is 0.340 bits per heavy atom. The summed E-state index contributed by atoms with van der Waals surface area (Å²) < 4.78 is 0. The van der Waals surface area contributed by atoms with E-state index < -0.39 is 0 Å². The van der Waals surface area contributed by atoms with Gasteiger partial charge in [0.1, 0.15) is 0 Å². The minimum absolute atomic E-state index is 0.0705. The molecule has 0 radical (unpaired) electrons. The lowest BCUT2D eigenvalue weighted by molar-refractivity contribution is 0.661. The fraction of sp³-hybridized carbons (Fsp3) is 0.0588. The summed E-state index contributed by atoms with van der Waals surface area (Å²) in [5.74, 6) is 0.708. The van der Waals surface area contributed by atoms with Crippen LogP contribution < -0.4 is 0 Å². The van der Waals surface area contributed by atoms with Gasteiger partial charge >= 0.3 is 0 Å². The van der Waals surface area contributed by atoms with Gasteiger partial charge in [0, 0.05) is 22.1 Å². The summed E-state index contributed by atoms with van der Waals surface area (Å²) in [5, 5.41) is 4.97. The third-order valence-electron chi connectivity index (χ3n) is 11.0. The maximum atomic E-state index is 5.25. The van der Waals surface area contributed by atoms with E-state index in [-0.39, 0.29) is 5.41 Å². The van der Waals surface area contributed by atoms with Gasteiger partial charge in [0.15, 0.2) is 5.82 Å². The second-order valence-electron chi connectivity index (χ2n) is 14.7. The predicted molar refractivity (Wildman–Crippen MR) is 222 cm³/mol. The highest BCUT2D eigenvalue weighted by Crippen LogP contribution is 2.50. The Hall–Kier alpha value is -6.64. The van der Waals surface area contributed by atoms with Crippen LogP contribution in [0.3, 0.4) is 0 Å². The molecule has 0 unspecified atom stereocenters.